The van der Waals surface area contributed by atoms with Gasteiger partial charge in [-0.1, -0.05) is 0 Å². The first-order valence-corrected chi connectivity index (χ1v) is 9.13. The van der Waals surface area contributed by atoms with Crippen LogP contribution in [0.5, 0.6) is 0 Å². The number of H-pyrrole nitrogens is 1. The third-order valence-corrected chi connectivity index (χ3v) is 4.24. The van der Waals surface area contributed by atoms with Crippen LogP contribution >= 0.6 is 0 Å². The van der Waals surface area contributed by atoms with Crippen LogP contribution in [0.3, 0.4) is 0 Å². The van der Waals surface area contributed by atoms with Crippen LogP contribution in [0.15, 0.2) is 29.2 Å². The number of aromatic nitrogens is 1. The molecular weight excluding hydrogens is 407 g/mol. The molecule has 30 heavy (non-hydrogen) atoms. The minimum absolute atomic E-state index is 0.0829. The van der Waals surface area contributed by atoms with E-state index >= 15 is 0 Å². The highest BCUT2D eigenvalue weighted by Gasteiger charge is 2.42. The van der Waals surface area contributed by atoms with Gasteiger partial charge in [0, 0.05) is 49.5 Å². The Hall–Kier alpha value is -2.92. The molecule has 0 saturated carbocycles. The fourth-order valence-corrected chi connectivity index (χ4v) is 2.66. The summed E-state index contributed by atoms with van der Waals surface area (Å²) < 4.78 is 45.9. The zero-order valence-corrected chi connectivity index (χ0v) is 16.3. The molecule has 1 heterocycles. The van der Waals surface area contributed by atoms with E-state index in [0.29, 0.717) is 37.5 Å². The number of nitrogens with zero attached hydrogens (tertiary/aromatic N) is 1. The van der Waals surface area contributed by atoms with Gasteiger partial charge in [0.2, 0.25) is 5.43 Å². The second kappa shape index (κ2) is 10.2. The number of aromatic amines is 1. The Labute approximate surface area is 169 Å². The third kappa shape index (κ3) is 6.04. The van der Waals surface area contributed by atoms with Gasteiger partial charge in [-0.2, -0.15) is 13.2 Å². The molecule has 0 aliphatic heterocycles. The van der Waals surface area contributed by atoms with Crippen LogP contribution in [-0.2, 0) is 14.3 Å². The molecule has 0 atom stereocenters. The molecule has 164 valence electrons. The number of esters is 2. The van der Waals surface area contributed by atoms with Crippen LogP contribution in [0.25, 0.3) is 10.9 Å². The highest BCUT2D eigenvalue weighted by molar-refractivity contribution is 6.00. The van der Waals surface area contributed by atoms with Gasteiger partial charge in [-0.15, -0.1) is 0 Å². The minimum atomic E-state index is -5.34. The number of halogens is 3. The molecule has 8 nitrogen and oxygen atoms in total. The van der Waals surface area contributed by atoms with Crippen LogP contribution in [0.2, 0.25) is 0 Å². The normalized spacial score (nSPS) is 11.5. The Morgan fingerprint density at radius 1 is 1.20 bits per heavy atom. The monoisotopic (exact) mass is 429 g/mol. The predicted octanol–water partition coefficient (Wildman–Crippen LogP) is 1.97. The fraction of sp³-hybridized carbons (Fsp3) is 0.421. The standard InChI is InChI=1S/C19H22F3N3O5/c1-25(7-2-3-8-29-9-6-23)12-4-5-15-13(10-12)16(26)14(11-24-15)17(27)30-18(28)19(20,21)22/h4-5,10-11H,2-3,6-9,23H2,1H3,(H,24,26). The maximum Gasteiger partial charge on any atom is 0.491 e. The maximum atomic E-state index is 12.6. The van der Waals surface area contributed by atoms with Gasteiger partial charge in [0.1, 0.15) is 5.56 Å². The molecule has 11 heteroatoms. The van der Waals surface area contributed by atoms with Crippen LogP contribution in [0.4, 0.5) is 18.9 Å². The first-order valence-electron chi connectivity index (χ1n) is 9.13. The van der Waals surface area contributed by atoms with Gasteiger partial charge in [0.15, 0.2) is 0 Å². The average Bonchev–Trinajstić information content (AvgIpc) is 2.69. The Kier molecular flexibility index (Phi) is 7.95. The van der Waals surface area contributed by atoms with Gasteiger partial charge in [0.05, 0.1) is 6.61 Å². The van der Waals surface area contributed by atoms with Crippen molar-refractivity contribution in [2.75, 3.05) is 38.3 Å². The lowest BCUT2D eigenvalue weighted by atomic mass is 10.1. The molecular formula is C19H22F3N3O5. The molecule has 0 radical (unpaired) electrons. The van der Waals surface area contributed by atoms with Gasteiger partial charge < -0.3 is 25.1 Å². The van der Waals surface area contributed by atoms with E-state index in [4.69, 9.17) is 10.5 Å². The number of nitrogens with one attached hydrogen (secondary N) is 1. The van der Waals surface area contributed by atoms with Crippen LogP contribution in [0.1, 0.15) is 23.2 Å². The lowest BCUT2D eigenvalue weighted by Crippen LogP contribution is -2.30. The zero-order chi connectivity index (χ0) is 22.3. The summed E-state index contributed by atoms with van der Waals surface area (Å²) in [6, 6.07) is 4.89. The molecule has 0 amide bonds. The number of carbonyl (C=O) groups excluding carboxylic acids is 2. The van der Waals surface area contributed by atoms with Crippen LogP contribution < -0.4 is 16.1 Å². The Balaban J connectivity index is 2.14. The van der Waals surface area contributed by atoms with E-state index in [-0.39, 0.29) is 5.39 Å². The molecule has 0 unspecified atom stereocenters. The SMILES string of the molecule is CN(CCCCOCCN)c1ccc2[nH]cc(C(=O)OC(=O)C(F)(F)F)c(=O)c2c1. The van der Waals surface area contributed by atoms with Gasteiger partial charge in [-0.3, -0.25) is 4.79 Å². The summed E-state index contributed by atoms with van der Waals surface area (Å²) in [5.74, 6) is -4.35. The maximum absolute atomic E-state index is 12.6. The molecule has 2 aromatic rings. The summed E-state index contributed by atoms with van der Waals surface area (Å²) in [4.78, 5) is 39.8. The molecule has 0 aliphatic carbocycles. The topological polar surface area (TPSA) is 115 Å². The molecule has 0 saturated heterocycles. The van der Waals surface area contributed by atoms with Crippen molar-refractivity contribution in [1.82, 2.24) is 4.98 Å². The second-order valence-corrected chi connectivity index (χ2v) is 6.47. The van der Waals surface area contributed by atoms with Crippen molar-refractivity contribution in [3.8, 4) is 0 Å². The average molecular weight is 429 g/mol. The van der Waals surface area contributed by atoms with E-state index in [0.717, 1.165) is 19.0 Å². The first kappa shape index (κ1) is 23.4. The Morgan fingerprint density at radius 2 is 1.93 bits per heavy atom. The highest BCUT2D eigenvalue weighted by atomic mass is 19.4. The number of carbonyl (C=O) groups is 2. The number of unbranched alkanes of at least 4 members (excludes halogenated alkanes) is 1. The Bertz CT molecular complexity index is 959. The Morgan fingerprint density at radius 3 is 2.60 bits per heavy atom. The number of ether oxygens (including phenoxy) is 2. The van der Waals surface area contributed by atoms with E-state index in [2.05, 4.69) is 9.72 Å². The molecule has 1 aromatic heterocycles. The molecule has 1 aromatic carbocycles. The molecule has 0 spiro atoms. The number of alkyl halides is 3. The number of rotatable bonds is 9. The molecule has 2 rings (SSSR count). The van der Waals surface area contributed by atoms with Crippen molar-refractivity contribution in [1.29, 1.82) is 0 Å². The number of benzene rings is 1. The zero-order valence-electron chi connectivity index (χ0n) is 16.3. The van der Waals surface area contributed by atoms with Crippen molar-refractivity contribution in [2.24, 2.45) is 5.73 Å². The summed E-state index contributed by atoms with van der Waals surface area (Å²) in [6.07, 6.45) is -2.78. The van der Waals surface area contributed by atoms with E-state index in [9.17, 15) is 27.6 Å². The fourth-order valence-electron chi connectivity index (χ4n) is 2.66. The summed E-state index contributed by atoms with van der Waals surface area (Å²) in [7, 11) is 1.82. The highest BCUT2D eigenvalue weighted by Crippen LogP contribution is 2.20. The number of hydrogen-bond acceptors (Lipinski definition) is 7. The van der Waals surface area contributed by atoms with E-state index in [1.165, 1.54) is 6.07 Å². The molecule has 0 bridgehead atoms. The third-order valence-electron chi connectivity index (χ3n) is 4.24. The number of pyridine rings is 1. The lowest BCUT2D eigenvalue weighted by Gasteiger charge is -2.19. The second-order valence-electron chi connectivity index (χ2n) is 6.47. The van der Waals surface area contributed by atoms with Gasteiger partial charge in [-0.25, -0.2) is 9.59 Å². The molecule has 0 aliphatic rings. The van der Waals surface area contributed by atoms with Gasteiger partial charge >= 0.3 is 18.1 Å². The van der Waals surface area contributed by atoms with Crippen LogP contribution in [0, 0.1) is 0 Å². The minimum Gasteiger partial charge on any atom is -0.382 e. The van der Waals surface area contributed by atoms with E-state index in [1.807, 2.05) is 11.9 Å². The van der Waals surface area contributed by atoms with Gasteiger partial charge in [-0.05, 0) is 31.0 Å². The molecule has 3 N–H and O–H groups in total. The summed E-state index contributed by atoms with van der Waals surface area (Å²) in [5, 5.41) is 0.0829. The van der Waals surface area contributed by atoms with Crippen LogP contribution in [-0.4, -0.2) is 56.4 Å². The van der Waals surface area contributed by atoms with Gasteiger partial charge in [0.25, 0.3) is 0 Å². The number of nitrogens with two attached hydrogens (primary N) is 1. The lowest BCUT2D eigenvalue weighted by molar-refractivity contribution is -0.193. The van der Waals surface area contributed by atoms with Crippen molar-refractivity contribution in [3.05, 3.63) is 40.2 Å². The van der Waals surface area contributed by atoms with E-state index < -0.39 is 29.1 Å². The summed E-state index contributed by atoms with van der Waals surface area (Å²) in [6.45, 7) is 2.22. The first-order chi connectivity index (χ1) is 14.1. The quantitative estimate of drug-likeness (QED) is 0.356. The smallest absolute Gasteiger partial charge is 0.382 e. The number of fused-ring (bicyclic) bond motifs is 1. The number of hydrogen-bond donors (Lipinski definition) is 2. The molecule has 0 fully saturated rings. The van der Waals surface area contributed by atoms with Crippen molar-refractivity contribution in [3.63, 3.8) is 0 Å². The predicted molar refractivity (Wildman–Crippen MR) is 103 cm³/mol. The summed E-state index contributed by atoms with van der Waals surface area (Å²) >= 11 is 0. The summed E-state index contributed by atoms with van der Waals surface area (Å²) in [5.41, 5.74) is 4.86. The van der Waals surface area contributed by atoms with Crippen molar-refractivity contribution >= 4 is 28.5 Å². The van der Waals surface area contributed by atoms with Crippen molar-refractivity contribution in [2.45, 2.75) is 19.0 Å². The van der Waals surface area contributed by atoms with E-state index in [1.54, 1.807) is 12.1 Å². The largest absolute Gasteiger partial charge is 0.491 e. The van der Waals surface area contributed by atoms with Crippen molar-refractivity contribution < 1.29 is 32.2 Å². The number of anilines is 1.